The Labute approximate surface area is 260 Å². The molecule has 5 rings (SSSR count). The summed E-state index contributed by atoms with van der Waals surface area (Å²) in [4.78, 5) is 31.9. The van der Waals surface area contributed by atoms with Gasteiger partial charge in [-0.2, -0.15) is 17.5 Å². The number of piperazine rings is 1. The minimum atomic E-state index is -4.55. The van der Waals surface area contributed by atoms with Crippen molar-refractivity contribution >= 4 is 37.7 Å². The van der Waals surface area contributed by atoms with E-state index in [-0.39, 0.29) is 81.6 Å². The van der Waals surface area contributed by atoms with E-state index in [1.54, 1.807) is 30.0 Å². The van der Waals surface area contributed by atoms with Gasteiger partial charge in [0.15, 0.2) is 0 Å². The van der Waals surface area contributed by atoms with E-state index in [9.17, 15) is 39.6 Å². The van der Waals surface area contributed by atoms with Crippen LogP contribution in [0.1, 0.15) is 45.5 Å². The van der Waals surface area contributed by atoms with Crippen molar-refractivity contribution in [2.75, 3.05) is 51.3 Å². The Morgan fingerprint density at radius 2 is 1.62 bits per heavy atom. The van der Waals surface area contributed by atoms with Gasteiger partial charge >= 0.3 is 6.18 Å². The van der Waals surface area contributed by atoms with Gasteiger partial charge in [0, 0.05) is 50.4 Å². The van der Waals surface area contributed by atoms with E-state index in [1.807, 2.05) is 0 Å². The van der Waals surface area contributed by atoms with Crippen molar-refractivity contribution < 1.29 is 39.6 Å². The second kappa shape index (κ2) is 12.1. The Kier molecular flexibility index (Phi) is 8.89. The van der Waals surface area contributed by atoms with Crippen LogP contribution in [0.25, 0.3) is 0 Å². The maximum absolute atomic E-state index is 13.2. The average molecular weight is 670 g/mol. The number of carbonyl (C=O) groups excluding carboxylic acids is 2. The van der Waals surface area contributed by atoms with Gasteiger partial charge in [-0.1, -0.05) is 18.2 Å². The molecule has 0 bridgehead atoms. The highest BCUT2D eigenvalue weighted by Crippen LogP contribution is 2.34. The molecule has 0 unspecified atom stereocenters. The molecule has 0 atom stereocenters. The van der Waals surface area contributed by atoms with Crippen LogP contribution in [0.4, 0.5) is 13.2 Å². The molecule has 0 saturated carbocycles. The lowest BCUT2D eigenvalue weighted by Gasteiger charge is -2.34. The molecule has 3 aliphatic heterocycles. The van der Waals surface area contributed by atoms with Gasteiger partial charge in [-0.25, -0.2) is 21.1 Å². The molecule has 3 aliphatic rings. The second-order valence-corrected chi connectivity index (χ2v) is 15.7. The third-order valence-electron chi connectivity index (χ3n) is 8.60. The first-order chi connectivity index (χ1) is 21.0. The number of aliphatic imine (C=N–C) groups is 1. The number of rotatable bonds is 7. The van der Waals surface area contributed by atoms with Gasteiger partial charge in [-0.05, 0) is 61.6 Å². The third-order valence-corrected chi connectivity index (χ3v) is 11.8. The second-order valence-electron chi connectivity index (χ2n) is 11.6. The summed E-state index contributed by atoms with van der Waals surface area (Å²) in [5.41, 5.74) is -0.0268. The molecule has 0 aromatic heterocycles. The summed E-state index contributed by atoms with van der Waals surface area (Å²) >= 11 is 0. The Balaban J connectivity index is 1.18. The molecule has 11 nitrogen and oxygen atoms in total. The van der Waals surface area contributed by atoms with E-state index in [0.717, 1.165) is 29.5 Å². The van der Waals surface area contributed by atoms with Crippen molar-refractivity contribution in [1.82, 2.24) is 18.8 Å². The fourth-order valence-corrected chi connectivity index (χ4v) is 8.15. The van der Waals surface area contributed by atoms with Crippen LogP contribution in [0.2, 0.25) is 0 Å². The molecule has 2 fully saturated rings. The molecule has 2 aromatic rings. The third kappa shape index (κ3) is 7.08. The largest absolute Gasteiger partial charge is 0.416 e. The van der Waals surface area contributed by atoms with Gasteiger partial charge in [0.25, 0.3) is 11.8 Å². The number of sulfonamides is 2. The standard InChI is InChI=1S/C29H34F3N5O6S2/c1-20-18-23(26(38)35-13-15-36(16-14-35)44(2,40)41)7-6-21(20)8-17-45(42,43)37-11-9-28(10-12-37)27(39)33-25(34-28)22-4-3-5-24(19-22)29(30,31)32/h3-7,18-19H,8-17H2,1-2H3,(H,33,34,39). The minimum absolute atomic E-state index is 0.0359. The quantitative estimate of drug-likeness (QED) is 0.479. The number of hydrogen-bond acceptors (Lipinski definition) is 7. The van der Waals surface area contributed by atoms with Gasteiger partial charge in [0.05, 0.1) is 17.6 Å². The smallest absolute Gasteiger partial charge is 0.336 e. The Morgan fingerprint density at radius 3 is 2.22 bits per heavy atom. The molecule has 244 valence electrons. The molecule has 2 amide bonds. The zero-order valence-corrected chi connectivity index (χ0v) is 26.4. The number of halogens is 3. The van der Waals surface area contributed by atoms with Gasteiger partial charge in [0.1, 0.15) is 11.4 Å². The fraction of sp³-hybridized carbons (Fsp3) is 0.483. The summed E-state index contributed by atoms with van der Waals surface area (Å²) in [7, 11) is -7.03. The van der Waals surface area contributed by atoms with Crippen molar-refractivity contribution in [2.24, 2.45) is 4.99 Å². The summed E-state index contributed by atoms with van der Waals surface area (Å²) < 4.78 is 92.1. The molecule has 16 heteroatoms. The average Bonchev–Trinajstić information content (AvgIpc) is 3.30. The van der Waals surface area contributed by atoms with E-state index in [1.165, 1.54) is 20.7 Å². The van der Waals surface area contributed by atoms with Crippen LogP contribution in [0.15, 0.2) is 47.5 Å². The maximum Gasteiger partial charge on any atom is 0.416 e. The molecule has 3 heterocycles. The molecular formula is C29H34F3N5O6S2. The first kappa shape index (κ1) is 33.0. The predicted molar refractivity (Wildman–Crippen MR) is 161 cm³/mol. The molecule has 2 aromatic carbocycles. The zero-order chi connectivity index (χ0) is 32.8. The van der Waals surface area contributed by atoms with E-state index in [4.69, 9.17) is 0 Å². The van der Waals surface area contributed by atoms with Gasteiger partial charge < -0.3 is 10.2 Å². The van der Waals surface area contributed by atoms with Crippen LogP contribution < -0.4 is 5.32 Å². The maximum atomic E-state index is 13.2. The zero-order valence-electron chi connectivity index (χ0n) is 24.8. The van der Waals surface area contributed by atoms with Crippen LogP contribution in [-0.4, -0.2) is 105 Å². The minimum Gasteiger partial charge on any atom is -0.336 e. The highest BCUT2D eigenvalue weighted by Gasteiger charge is 2.47. The molecule has 0 aliphatic carbocycles. The Morgan fingerprint density at radius 1 is 0.956 bits per heavy atom. The van der Waals surface area contributed by atoms with Crippen LogP contribution in [-0.2, 0) is 37.4 Å². The van der Waals surface area contributed by atoms with Crippen molar-refractivity contribution in [3.8, 4) is 0 Å². The number of amidine groups is 1. The fourth-order valence-electron chi connectivity index (χ4n) is 5.85. The lowest BCUT2D eigenvalue weighted by Crippen LogP contribution is -2.50. The predicted octanol–water partition coefficient (Wildman–Crippen LogP) is 2.01. The Bertz CT molecular complexity index is 1750. The summed E-state index contributed by atoms with van der Waals surface area (Å²) in [6, 6.07) is 9.60. The van der Waals surface area contributed by atoms with E-state index < -0.39 is 43.2 Å². The monoisotopic (exact) mass is 669 g/mol. The normalized spacial score (nSPS) is 19.9. The number of hydrogen-bond donors (Lipinski definition) is 1. The molecular weight excluding hydrogens is 635 g/mol. The molecule has 0 radical (unpaired) electrons. The molecule has 1 spiro atoms. The highest BCUT2D eigenvalue weighted by molar-refractivity contribution is 7.89. The van der Waals surface area contributed by atoms with E-state index >= 15 is 0 Å². The van der Waals surface area contributed by atoms with Crippen molar-refractivity contribution in [3.05, 3.63) is 70.3 Å². The van der Waals surface area contributed by atoms with Crippen molar-refractivity contribution in [1.29, 1.82) is 0 Å². The number of piperidine rings is 1. The van der Waals surface area contributed by atoms with E-state index in [0.29, 0.717) is 5.56 Å². The number of nitrogens with one attached hydrogen (secondary N) is 1. The lowest BCUT2D eigenvalue weighted by molar-refractivity contribution is -0.137. The highest BCUT2D eigenvalue weighted by atomic mass is 32.2. The van der Waals surface area contributed by atoms with Crippen LogP contribution >= 0.6 is 0 Å². The van der Waals surface area contributed by atoms with Crippen LogP contribution in [0.5, 0.6) is 0 Å². The number of carbonyl (C=O) groups is 2. The lowest BCUT2D eigenvalue weighted by atomic mass is 9.89. The SMILES string of the molecule is Cc1cc(C(=O)N2CCN(S(C)(=O)=O)CC2)ccc1CCS(=O)(=O)N1CCC2(CC1)N=C(c1cccc(C(F)(F)F)c1)NC2=O. The number of alkyl halides is 3. The summed E-state index contributed by atoms with van der Waals surface area (Å²) in [6.07, 6.45) is -3.02. The molecule has 2 saturated heterocycles. The number of benzene rings is 2. The molecule has 1 N–H and O–H groups in total. The number of amides is 2. The molecule has 45 heavy (non-hydrogen) atoms. The number of aryl methyl sites for hydroxylation is 2. The van der Waals surface area contributed by atoms with Crippen LogP contribution in [0.3, 0.4) is 0 Å². The van der Waals surface area contributed by atoms with Crippen LogP contribution in [0, 0.1) is 6.92 Å². The summed E-state index contributed by atoms with van der Waals surface area (Å²) in [5, 5.41) is 2.58. The summed E-state index contributed by atoms with van der Waals surface area (Å²) in [6.45, 7) is 2.88. The Hall–Kier alpha value is -3.34. The van der Waals surface area contributed by atoms with Gasteiger partial charge in [0.2, 0.25) is 20.0 Å². The first-order valence-electron chi connectivity index (χ1n) is 14.4. The topological polar surface area (TPSA) is 137 Å². The summed E-state index contributed by atoms with van der Waals surface area (Å²) in [5.74, 6) is -0.833. The van der Waals surface area contributed by atoms with Gasteiger partial charge in [-0.3, -0.25) is 14.6 Å². The first-order valence-corrected chi connectivity index (χ1v) is 17.8. The van der Waals surface area contributed by atoms with Gasteiger partial charge in [-0.15, -0.1) is 0 Å². The number of nitrogens with zero attached hydrogens (tertiary/aromatic N) is 4. The van der Waals surface area contributed by atoms with E-state index in [2.05, 4.69) is 10.3 Å². The van der Waals surface area contributed by atoms with Crippen molar-refractivity contribution in [3.63, 3.8) is 0 Å². The van der Waals surface area contributed by atoms with Crippen molar-refractivity contribution in [2.45, 2.75) is 37.9 Å².